The summed E-state index contributed by atoms with van der Waals surface area (Å²) in [6.07, 6.45) is -10.9. The molecule has 2 fully saturated rings. The lowest BCUT2D eigenvalue weighted by Crippen LogP contribution is -2.72. The van der Waals surface area contributed by atoms with Gasteiger partial charge in [-0.2, -0.15) is 26.3 Å². The van der Waals surface area contributed by atoms with Crippen molar-refractivity contribution in [1.29, 1.82) is 0 Å². The second-order valence-corrected chi connectivity index (χ2v) is 9.60. The molecule has 0 aliphatic carbocycles. The molecule has 40 heavy (non-hydrogen) atoms. The number of nitrogens with one attached hydrogen (secondary N) is 1. The summed E-state index contributed by atoms with van der Waals surface area (Å²) in [6, 6.07) is 8.43. The summed E-state index contributed by atoms with van der Waals surface area (Å²) < 4.78 is 79.4. The van der Waals surface area contributed by atoms with Crippen LogP contribution in [0.1, 0.15) is 35.1 Å². The van der Waals surface area contributed by atoms with Gasteiger partial charge in [0.25, 0.3) is 0 Å². The van der Waals surface area contributed by atoms with E-state index in [4.69, 9.17) is 5.73 Å². The fourth-order valence-electron chi connectivity index (χ4n) is 5.00. The lowest BCUT2D eigenvalue weighted by Gasteiger charge is -2.52. The van der Waals surface area contributed by atoms with E-state index in [2.05, 4.69) is 5.32 Å². The van der Waals surface area contributed by atoms with Crippen molar-refractivity contribution in [2.75, 3.05) is 19.6 Å². The van der Waals surface area contributed by atoms with Gasteiger partial charge in [-0.25, -0.2) is 4.79 Å². The van der Waals surface area contributed by atoms with Crippen LogP contribution in [-0.2, 0) is 35.0 Å². The minimum atomic E-state index is -5.03. The number of carbonyl (C=O) groups excluding carboxylic acids is 3. The molecule has 2 aliphatic heterocycles. The molecule has 0 aromatic heterocycles. The van der Waals surface area contributed by atoms with Gasteiger partial charge in [0.15, 0.2) is 0 Å². The number of benzene rings is 2. The van der Waals surface area contributed by atoms with Gasteiger partial charge >= 0.3 is 18.4 Å². The summed E-state index contributed by atoms with van der Waals surface area (Å²) in [5.74, 6) is -0.683. The number of rotatable bonds is 6. The Morgan fingerprint density at radius 2 is 1.57 bits per heavy atom. The third-order valence-electron chi connectivity index (χ3n) is 6.86. The Kier molecular flexibility index (Phi) is 8.28. The highest BCUT2D eigenvalue weighted by atomic mass is 19.4. The predicted molar refractivity (Wildman–Crippen MR) is 130 cm³/mol. The number of urea groups is 1. The normalized spacial score (nSPS) is 20.0. The third-order valence-corrected chi connectivity index (χ3v) is 6.86. The molecule has 3 N–H and O–H groups in total. The minimum absolute atomic E-state index is 0.0113. The Morgan fingerprint density at radius 1 is 0.950 bits per heavy atom. The number of fused-ring (bicyclic) bond motifs is 1. The lowest BCUT2D eigenvalue weighted by atomic mass is 10.0. The molecule has 4 amide bonds. The standard InChI is InChI=1S/C26H27F6N5O3/c27-25(28,29)18-10-17(11-19(12-18)26(30,31)32)13-34-24(40)36-9-7-22(38)37-20(6-8-33)23(39)35(15-21(36)37)14-16-4-2-1-3-5-16/h1-5,10-12,20-21H,6-9,13-15,33H2,(H,34,40)/t20-,21+/m0/s1. The first-order chi connectivity index (χ1) is 18.8. The van der Waals surface area contributed by atoms with Gasteiger partial charge in [-0.05, 0) is 42.3 Å². The summed E-state index contributed by atoms with van der Waals surface area (Å²) in [7, 11) is 0. The molecule has 2 atom stereocenters. The number of piperazine rings is 1. The molecule has 8 nitrogen and oxygen atoms in total. The summed E-state index contributed by atoms with van der Waals surface area (Å²) in [5.41, 5.74) is 3.15. The maximum Gasteiger partial charge on any atom is 0.416 e. The molecule has 0 bridgehead atoms. The largest absolute Gasteiger partial charge is 0.416 e. The van der Waals surface area contributed by atoms with E-state index in [0.29, 0.717) is 12.1 Å². The molecule has 2 aromatic carbocycles. The number of hydrogen-bond acceptors (Lipinski definition) is 4. The number of amides is 4. The van der Waals surface area contributed by atoms with Crippen LogP contribution in [0.25, 0.3) is 0 Å². The zero-order valence-electron chi connectivity index (χ0n) is 21.1. The van der Waals surface area contributed by atoms with Crippen molar-refractivity contribution in [2.45, 2.75) is 50.5 Å². The van der Waals surface area contributed by atoms with E-state index in [1.54, 1.807) is 12.1 Å². The Labute approximate surface area is 225 Å². The van der Waals surface area contributed by atoms with Crippen molar-refractivity contribution in [3.05, 3.63) is 70.8 Å². The quantitative estimate of drug-likeness (QED) is 0.519. The van der Waals surface area contributed by atoms with Crippen LogP contribution in [0.15, 0.2) is 48.5 Å². The van der Waals surface area contributed by atoms with Crippen LogP contribution in [0.3, 0.4) is 0 Å². The van der Waals surface area contributed by atoms with E-state index in [9.17, 15) is 40.7 Å². The molecule has 14 heteroatoms. The van der Waals surface area contributed by atoms with Gasteiger partial charge in [-0.15, -0.1) is 0 Å². The Bertz CT molecular complexity index is 1220. The maximum atomic E-state index is 13.3. The molecule has 0 radical (unpaired) electrons. The Balaban J connectivity index is 1.57. The second kappa shape index (κ2) is 11.4. The fraction of sp³-hybridized carbons (Fsp3) is 0.423. The van der Waals surface area contributed by atoms with Gasteiger partial charge in [-0.1, -0.05) is 30.3 Å². The number of carbonyl (C=O) groups is 3. The summed E-state index contributed by atoms with van der Waals surface area (Å²) in [6.45, 7) is -0.406. The number of nitrogens with zero attached hydrogens (tertiary/aromatic N) is 3. The zero-order valence-corrected chi connectivity index (χ0v) is 21.1. The van der Waals surface area contributed by atoms with E-state index in [0.717, 1.165) is 5.56 Å². The van der Waals surface area contributed by atoms with Crippen LogP contribution in [-0.4, -0.2) is 64.4 Å². The van der Waals surface area contributed by atoms with Gasteiger partial charge in [0.05, 0.1) is 17.7 Å². The number of hydrogen-bond donors (Lipinski definition) is 2. The van der Waals surface area contributed by atoms with E-state index in [-0.39, 0.29) is 56.9 Å². The molecule has 4 rings (SSSR count). The predicted octanol–water partition coefficient (Wildman–Crippen LogP) is 3.55. The molecule has 2 aromatic rings. The molecular formula is C26H27F6N5O3. The average molecular weight is 572 g/mol. The van der Waals surface area contributed by atoms with Crippen LogP contribution in [0.4, 0.5) is 31.1 Å². The highest BCUT2D eigenvalue weighted by Gasteiger charge is 2.48. The molecule has 0 unspecified atom stereocenters. The van der Waals surface area contributed by atoms with Crippen LogP contribution >= 0.6 is 0 Å². The van der Waals surface area contributed by atoms with Gasteiger partial charge in [0, 0.05) is 26.1 Å². The highest BCUT2D eigenvalue weighted by molar-refractivity contribution is 5.91. The number of alkyl halides is 6. The monoisotopic (exact) mass is 571 g/mol. The van der Waals surface area contributed by atoms with Crippen LogP contribution in [0.5, 0.6) is 0 Å². The first-order valence-electron chi connectivity index (χ1n) is 12.5. The van der Waals surface area contributed by atoms with Gasteiger partial charge in [-0.3, -0.25) is 9.59 Å². The van der Waals surface area contributed by atoms with Gasteiger partial charge < -0.3 is 25.8 Å². The first kappa shape index (κ1) is 29.2. The van der Waals surface area contributed by atoms with Gasteiger partial charge in [0.1, 0.15) is 12.2 Å². The second-order valence-electron chi connectivity index (χ2n) is 9.60. The van der Waals surface area contributed by atoms with Gasteiger partial charge in [0.2, 0.25) is 11.8 Å². The molecule has 0 saturated carbocycles. The summed E-state index contributed by atoms with van der Waals surface area (Å²) >= 11 is 0. The molecule has 2 heterocycles. The molecule has 2 aliphatic rings. The SMILES string of the molecule is NCC[C@H]1C(=O)N(Cc2ccccc2)C[C@@H]2N(C(=O)NCc3cc(C(F)(F)F)cc(C(F)(F)F)c3)CCC(=O)N21. The van der Waals surface area contributed by atoms with Crippen LogP contribution in [0, 0.1) is 0 Å². The Hall–Kier alpha value is -3.81. The van der Waals surface area contributed by atoms with Crippen molar-refractivity contribution in [3.8, 4) is 0 Å². The summed E-state index contributed by atoms with van der Waals surface area (Å²) in [5, 5.41) is 2.38. The van der Waals surface area contributed by atoms with Crippen molar-refractivity contribution >= 4 is 17.8 Å². The van der Waals surface area contributed by atoms with E-state index < -0.39 is 53.8 Å². The van der Waals surface area contributed by atoms with E-state index in [1.165, 1.54) is 14.7 Å². The first-order valence-corrected chi connectivity index (χ1v) is 12.5. The molecular weight excluding hydrogens is 544 g/mol. The number of nitrogens with two attached hydrogens (primary N) is 1. The minimum Gasteiger partial charge on any atom is -0.334 e. The van der Waals surface area contributed by atoms with Crippen molar-refractivity contribution < 1.29 is 40.7 Å². The lowest BCUT2D eigenvalue weighted by molar-refractivity contribution is -0.167. The fourth-order valence-corrected chi connectivity index (χ4v) is 5.00. The van der Waals surface area contributed by atoms with E-state index >= 15 is 0 Å². The molecule has 216 valence electrons. The molecule has 0 spiro atoms. The summed E-state index contributed by atoms with van der Waals surface area (Å²) in [4.78, 5) is 43.5. The van der Waals surface area contributed by atoms with Crippen molar-refractivity contribution in [3.63, 3.8) is 0 Å². The highest BCUT2D eigenvalue weighted by Crippen LogP contribution is 2.36. The average Bonchev–Trinajstić information content (AvgIpc) is 2.89. The van der Waals surface area contributed by atoms with Crippen LogP contribution in [0.2, 0.25) is 0 Å². The third kappa shape index (κ3) is 6.32. The molecule has 2 saturated heterocycles. The van der Waals surface area contributed by atoms with E-state index in [1.807, 2.05) is 18.2 Å². The number of halogens is 6. The topological polar surface area (TPSA) is 99.0 Å². The smallest absolute Gasteiger partial charge is 0.334 e. The van der Waals surface area contributed by atoms with Crippen molar-refractivity contribution in [1.82, 2.24) is 20.0 Å². The zero-order chi connectivity index (χ0) is 29.2. The van der Waals surface area contributed by atoms with Crippen LogP contribution < -0.4 is 11.1 Å². The Morgan fingerprint density at radius 3 is 2.15 bits per heavy atom. The van der Waals surface area contributed by atoms with Crippen molar-refractivity contribution in [2.24, 2.45) is 5.73 Å². The maximum absolute atomic E-state index is 13.3.